The first-order valence-electron chi connectivity index (χ1n) is 6.35. The zero-order chi connectivity index (χ0) is 16.1. The van der Waals surface area contributed by atoms with E-state index in [4.69, 9.17) is 27.9 Å². The minimum Gasteiger partial charge on any atom is -0.457 e. The van der Waals surface area contributed by atoms with Gasteiger partial charge in [0.05, 0.1) is 5.02 Å². The number of hydrogen-bond acceptors (Lipinski definition) is 4. The van der Waals surface area contributed by atoms with Crippen LogP contribution in [0.4, 0.5) is 0 Å². The van der Waals surface area contributed by atoms with E-state index in [2.05, 4.69) is 4.74 Å². The van der Waals surface area contributed by atoms with Crippen molar-refractivity contribution in [1.29, 1.82) is 0 Å². The second kappa shape index (κ2) is 7.29. The van der Waals surface area contributed by atoms with Gasteiger partial charge >= 0.3 is 5.97 Å². The van der Waals surface area contributed by atoms with Crippen molar-refractivity contribution in [2.45, 2.75) is 6.92 Å². The molecule has 2 aromatic rings. The van der Waals surface area contributed by atoms with Crippen LogP contribution in [-0.4, -0.2) is 18.4 Å². The van der Waals surface area contributed by atoms with Crippen LogP contribution in [0.15, 0.2) is 42.5 Å². The summed E-state index contributed by atoms with van der Waals surface area (Å²) in [5.41, 5.74) is 0.427. The molecule has 0 aliphatic rings. The normalized spacial score (nSPS) is 10.1. The van der Waals surface area contributed by atoms with E-state index in [0.29, 0.717) is 27.1 Å². The summed E-state index contributed by atoms with van der Waals surface area (Å²) in [5, 5.41) is 0.909. The predicted octanol–water partition coefficient (Wildman–Crippen LogP) is 4.53. The van der Waals surface area contributed by atoms with Crippen LogP contribution >= 0.6 is 23.2 Å². The Labute approximate surface area is 137 Å². The molecule has 0 aliphatic carbocycles. The SMILES string of the molecule is CC(=O)OCC(=O)c1ccc(Oc2ccc(Cl)cc2Cl)cc1. The molecule has 0 aliphatic heterocycles. The molecule has 0 unspecified atom stereocenters. The van der Waals surface area contributed by atoms with Gasteiger partial charge in [0.2, 0.25) is 0 Å². The Kier molecular flexibility index (Phi) is 5.41. The topological polar surface area (TPSA) is 52.6 Å². The van der Waals surface area contributed by atoms with E-state index in [9.17, 15) is 9.59 Å². The molecule has 0 fully saturated rings. The van der Waals surface area contributed by atoms with Gasteiger partial charge in [-0.25, -0.2) is 0 Å². The van der Waals surface area contributed by atoms with Gasteiger partial charge < -0.3 is 9.47 Å². The number of carbonyl (C=O) groups excluding carboxylic acids is 2. The van der Waals surface area contributed by atoms with Crippen molar-refractivity contribution in [2.24, 2.45) is 0 Å². The summed E-state index contributed by atoms with van der Waals surface area (Å²) in [6.07, 6.45) is 0. The van der Waals surface area contributed by atoms with Crippen LogP contribution in [0.3, 0.4) is 0 Å². The van der Waals surface area contributed by atoms with Crippen molar-refractivity contribution in [3.63, 3.8) is 0 Å². The van der Waals surface area contributed by atoms with Gasteiger partial charge in [-0.05, 0) is 42.5 Å². The monoisotopic (exact) mass is 338 g/mol. The third kappa shape index (κ3) is 4.48. The molecule has 6 heteroatoms. The van der Waals surface area contributed by atoms with Crippen LogP contribution in [0.2, 0.25) is 10.0 Å². The molecule has 0 aromatic heterocycles. The number of esters is 1. The molecule has 0 bridgehead atoms. The fourth-order valence-corrected chi connectivity index (χ4v) is 2.09. The quantitative estimate of drug-likeness (QED) is 0.593. The lowest BCUT2D eigenvalue weighted by molar-refractivity contribution is -0.139. The summed E-state index contributed by atoms with van der Waals surface area (Å²) in [7, 11) is 0. The van der Waals surface area contributed by atoms with Crippen LogP contribution in [0.25, 0.3) is 0 Å². The molecular formula is C16H12Cl2O4. The Bertz CT molecular complexity index is 696. The highest BCUT2D eigenvalue weighted by Gasteiger charge is 2.09. The van der Waals surface area contributed by atoms with Crippen LogP contribution in [0.5, 0.6) is 11.5 Å². The fourth-order valence-electron chi connectivity index (χ4n) is 1.64. The number of rotatable bonds is 5. The fraction of sp³-hybridized carbons (Fsp3) is 0.125. The highest BCUT2D eigenvalue weighted by Crippen LogP contribution is 2.31. The van der Waals surface area contributed by atoms with Gasteiger partial charge in [0, 0.05) is 17.5 Å². The van der Waals surface area contributed by atoms with Crippen LogP contribution in [0, 0.1) is 0 Å². The molecule has 0 N–H and O–H groups in total. The lowest BCUT2D eigenvalue weighted by Crippen LogP contribution is -2.11. The summed E-state index contributed by atoms with van der Waals surface area (Å²) in [5.74, 6) is 0.204. The molecule has 0 saturated carbocycles. The van der Waals surface area contributed by atoms with Gasteiger partial charge in [-0.1, -0.05) is 23.2 Å². The van der Waals surface area contributed by atoms with Crippen molar-refractivity contribution in [2.75, 3.05) is 6.61 Å². The van der Waals surface area contributed by atoms with E-state index in [1.54, 1.807) is 42.5 Å². The number of hydrogen-bond donors (Lipinski definition) is 0. The summed E-state index contributed by atoms with van der Waals surface area (Å²) in [6.45, 7) is 0.971. The largest absolute Gasteiger partial charge is 0.457 e. The first kappa shape index (κ1) is 16.3. The van der Waals surface area contributed by atoms with E-state index < -0.39 is 5.97 Å². The molecule has 4 nitrogen and oxygen atoms in total. The maximum absolute atomic E-state index is 11.8. The van der Waals surface area contributed by atoms with E-state index in [1.807, 2.05) is 0 Å². The summed E-state index contributed by atoms with van der Waals surface area (Å²) in [6, 6.07) is 11.3. The van der Waals surface area contributed by atoms with Crippen molar-refractivity contribution in [1.82, 2.24) is 0 Å². The van der Waals surface area contributed by atoms with Crippen molar-refractivity contribution in [3.05, 3.63) is 58.1 Å². The zero-order valence-electron chi connectivity index (χ0n) is 11.6. The molecule has 0 amide bonds. The van der Waals surface area contributed by atoms with Crippen LogP contribution < -0.4 is 4.74 Å². The molecular weight excluding hydrogens is 327 g/mol. The smallest absolute Gasteiger partial charge is 0.303 e. The molecule has 2 aromatic carbocycles. The van der Waals surface area contributed by atoms with Gasteiger partial charge in [0.25, 0.3) is 0 Å². The average molecular weight is 339 g/mol. The Hall–Kier alpha value is -2.04. The predicted molar refractivity (Wildman–Crippen MR) is 83.9 cm³/mol. The number of halogens is 2. The Morgan fingerprint density at radius 3 is 2.32 bits per heavy atom. The minimum absolute atomic E-state index is 0.279. The number of benzene rings is 2. The molecule has 0 heterocycles. The van der Waals surface area contributed by atoms with Crippen LogP contribution in [0.1, 0.15) is 17.3 Å². The standard InChI is InChI=1S/C16H12Cl2O4/c1-10(19)21-9-15(20)11-2-5-13(6-3-11)22-16-7-4-12(17)8-14(16)18/h2-8H,9H2,1H3. The lowest BCUT2D eigenvalue weighted by Gasteiger charge is -2.08. The van der Waals surface area contributed by atoms with Gasteiger partial charge in [-0.15, -0.1) is 0 Å². The second-order valence-electron chi connectivity index (χ2n) is 4.40. The number of carbonyl (C=O) groups is 2. The molecule has 0 saturated heterocycles. The summed E-state index contributed by atoms with van der Waals surface area (Å²) >= 11 is 11.8. The summed E-state index contributed by atoms with van der Waals surface area (Å²) < 4.78 is 10.3. The molecule has 22 heavy (non-hydrogen) atoms. The Morgan fingerprint density at radius 2 is 1.73 bits per heavy atom. The zero-order valence-corrected chi connectivity index (χ0v) is 13.1. The first-order chi connectivity index (χ1) is 10.5. The second-order valence-corrected chi connectivity index (χ2v) is 5.25. The Balaban J connectivity index is 2.05. The number of ether oxygens (including phenoxy) is 2. The molecule has 114 valence electrons. The highest BCUT2D eigenvalue weighted by molar-refractivity contribution is 6.35. The summed E-state index contributed by atoms with van der Waals surface area (Å²) in [4.78, 5) is 22.4. The molecule has 2 rings (SSSR count). The van der Waals surface area contributed by atoms with E-state index >= 15 is 0 Å². The van der Waals surface area contributed by atoms with Gasteiger partial charge in [0.15, 0.2) is 12.4 Å². The molecule has 0 atom stereocenters. The van der Waals surface area contributed by atoms with E-state index in [0.717, 1.165) is 0 Å². The average Bonchev–Trinajstić information content (AvgIpc) is 2.48. The van der Waals surface area contributed by atoms with E-state index in [1.165, 1.54) is 6.92 Å². The van der Waals surface area contributed by atoms with E-state index in [-0.39, 0.29) is 12.4 Å². The first-order valence-corrected chi connectivity index (χ1v) is 7.11. The number of Topliss-reactive ketones (excluding diaryl/α,β-unsaturated/α-hetero) is 1. The number of ketones is 1. The lowest BCUT2D eigenvalue weighted by atomic mass is 10.1. The molecule has 0 radical (unpaired) electrons. The van der Waals surface area contributed by atoms with Crippen molar-refractivity contribution in [3.8, 4) is 11.5 Å². The Morgan fingerprint density at radius 1 is 1.05 bits per heavy atom. The maximum Gasteiger partial charge on any atom is 0.303 e. The highest BCUT2D eigenvalue weighted by atomic mass is 35.5. The minimum atomic E-state index is -0.495. The van der Waals surface area contributed by atoms with Gasteiger partial charge in [-0.3, -0.25) is 9.59 Å². The van der Waals surface area contributed by atoms with Gasteiger partial charge in [0.1, 0.15) is 11.5 Å². The van der Waals surface area contributed by atoms with Crippen LogP contribution in [-0.2, 0) is 9.53 Å². The van der Waals surface area contributed by atoms with Crippen molar-refractivity contribution >= 4 is 35.0 Å². The van der Waals surface area contributed by atoms with Crippen molar-refractivity contribution < 1.29 is 19.1 Å². The third-order valence-corrected chi connectivity index (χ3v) is 3.24. The third-order valence-electron chi connectivity index (χ3n) is 2.70. The molecule has 0 spiro atoms. The maximum atomic E-state index is 11.8. The van der Waals surface area contributed by atoms with Gasteiger partial charge in [-0.2, -0.15) is 0 Å².